The zero-order valence-electron chi connectivity index (χ0n) is 10.4. The molecule has 1 unspecified atom stereocenters. The van der Waals surface area contributed by atoms with Crippen LogP contribution in [0.1, 0.15) is 11.9 Å². The summed E-state index contributed by atoms with van der Waals surface area (Å²) in [5, 5.41) is 1.11. The normalized spacial score (nSPS) is 12.6. The third-order valence-corrected chi connectivity index (χ3v) is 4.97. The minimum absolute atomic E-state index is 0.0608. The first-order valence-electron chi connectivity index (χ1n) is 5.70. The number of thiazole rings is 1. The Bertz CT molecular complexity index is 506. The molecule has 1 atom stereocenters. The smallest absolute Gasteiger partial charge is 0.309 e. The fraction of sp³-hybridized carbons (Fsp3) is 0.385. The zero-order valence-corrected chi connectivity index (χ0v) is 12.0. The van der Waals surface area contributed by atoms with E-state index in [4.69, 9.17) is 4.74 Å². The van der Waals surface area contributed by atoms with Crippen LogP contribution in [0.5, 0.6) is 0 Å². The molecule has 0 saturated heterocycles. The average molecular weight is 281 g/mol. The molecule has 0 saturated carbocycles. The van der Waals surface area contributed by atoms with E-state index in [2.05, 4.69) is 11.1 Å². The molecule has 1 heterocycles. The van der Waals surface area contributed by atoms with Gasteiger partial charge in [0.05, 0.1) is 23.2 Å². The highest BCUT2D eigenvalue weighted by molar-refractivity contribution is 7.98. The molecule has 0 aliphatic heterocycles. The molecule has 0 N–H and O–H groups in total. The van der Waals surface area contributed by atoms with E-state index in [1.165, 1.54) is 11.8 Å². The van der Waals surface area contributed by atoms with Crippen molar-refractivity contribution in [3.8, 4) is 0 Å². The van der Waals surface area contributed by atoms with Gasteiger partial charge in [0, 0.05) is 11.5 Å². The van der Waals surface area contributed by atoms with Crippen LogP contribution >= 0.6 is 23.1 Å². The Hall–Kier alpha value is -1.07. The van der Waals surface area contributed by atoms with Crippen LogP contribution in [-0.4, -0.2) is 23.8 Å². The van der Waals surface area contributed by atoms with Crippen LogP contribution in [0.25, 0.3) is 10.2 Å². The first-order valence-corrected chi connectivity index (χ1v) is 7.68. The number of hydrogen-bond donors (Lipinski definition) is 0. The van der Waals surface area contributed by atoms with E-state index in [1.807, 2.05) is 25.1 Å². The molecule has 0 fully saturated rings. The Balaban J connectivity index is 1.88. The summed E-state index contributed by atoms with van der Waals surface area (Å²) >= 11 is 3.44. The molecule has 0 amide bonds. The van der Waals surface area contributed by atoms with Crippen LogP contribution in [0.15, 0.2) is 24.3 Å². The molecular weight excluding hydrogens is 266 g/mol. The van der Waals surface area contributed by atoms with Crippen molar-refractivity contribution in [3.05, 3.63) is 29.3 Å². The minimum atomic E-state index is -0.146. The van der Waals surface area contributed by atoms with Gasteiger partial charge in [0.2, 0.25) is 0 Å². The molecule has 0 radical (unpaired) electrons. The van der Waals surface area contributed by atoms with Crippen molar-refractivity contribution >= 4 is 39.3 Å². The first kappa shape index (κ1) is 13.4. The number of methoxy groups -OCH3 is 1. The molecular formula is C13H15NO2S2. The van der Waals surface area contributed by atoms with Crippen molar-refractivity contribution in [2.24, 2.45) is 5.92 Å². The molecule has 0 spiro atoms. The lowest BCUT2D eigenvalue weighted by Crippen LogP contribution is -2.14. The largest absolute Gasteiger partial charge is 0.469 e. The van der Waals surface area contributed by atoms with Crippen molar-refractivity contribution in [1.82, 2.24) is 4.98 Å². The lowest BCUT2D eigenvalue weighted by atomic mass is 10.2. The van der Waals surface area contributed by atoms with Crippen LogP contribution in [0.3, 0.4) is 0 Å². The lowest BCUT2D eigenvalue weighted by Gasteiger charge is -2.07. The van der Waals surface area contributed by atoms with E-state index in [9.17, 15) is 4.79 Å². The Labute approximate surface area is 115 Å². The van der Waals surface area contributed by atoms with Crippen LogP contribution in [-0.2, 0) is 15.3 Å². The molecule has 0 aliphatic rings. The number of aromatic nitrogens is 1. The second-order valence-corrected chi connectivity index (χ2v) is 6.16. The predicted octanol–water partition coefficient (Wildman–Crippen LogP) is 3.34. The Kier molecular flexibility index (Phi) is 4.60. The summed E-state index contributed by atoms with van der Waals surface area (Å²) in [7, 11) is 1.43. The maximum absolute atomic E-state index is 11.2. The first-order chi connectivity index (χ1) is 8.70. The Morgan fingerprint density at radius 1 is 1.50 bits per heavy atom. The molecule has 3 nitrogen and oxygen atoms in total. The van der Waals surface area contributed by atoms with E-state index >= 15 is 0 Å². The second kappa shape index (κ2) is 6.20. The molecule has 5 heteroatoms. The average Bonchev–Trinajstić information content (AvgIpc) is 2.80. The number of thioether (sulfide) groups is 1. The Morgan fingerprint density at radius 2 is 2.28 bits per heavy atom. The molecule has 1 aromatic heterocycles. The summed E-state index contributed by atoms with van der Waals surface area (Å²) in [5.41, 5.74) is 1.05. The number of hydrogen-bond acceptors (Lipinski definition) is 5. The molecule has 18 heavy (non-hydrogen) atoms. The van der Waals surface area contributed by atoms with Crippen molar-refractivity contribution in [2.45, 2.75) is 12.7 Å². The number of benzene rings is 1. The molecule has 1 aromatic carbocycles. The number of nitrogens with zero attached hydrogens (tertiary/aromatic N) is 1. The zero-order chi connectivity index (χ0) is 13.0. The van der Waals surface area contributed by atoms with Gasteiger partial charge in [-0.05, 0) is 12.1 Å². The summed E-state index contributed by atoms with van der Waals surface area (Å²) in [5.74, 6) is 1.41. The summed E-state index contributed by atoms with van der Waals surface area (Å²) < 4.78 is 5.91. The van der Waals surface area contributed by atoms with E-state index in [0.29, 0.717) is 0 Å². The van der Waals surface area contributed by atoms with Gasteiger partial charge >= 0.3 is 5.97 Å². The van der Waals surface area contributed by atoms with Crippen LogP contribution in [0.2, 0.25) is 0 Å². The van der Waals surface area contributed by atoms with Gasteiger partial charge in [-0.15, -0.1) is 11.3 Å². The lowest BCUT2D eigenvalue weighted by molar-refractivity contribution is -0.143. The predicted molar refractivity (Wildman–Crippen MR) is 77.0 cm³/mol. The van der Waals surface area contributed by atoms with E-state index in [0.717, 1.165) is 22.0 Å². The second-order valence-electron chi connectivity index (χ2n) is 4.01. The number of para-hydroxylation sites is 1. The highest BCUT2D eigenvalue weighted by Crippen LogP contribution is 2.25. The van der Waals surface area contributed by atoms with Crippen LogP contribution < -0.4 is 0 Å². The molecule has 2 aromatic rings. The van der Waals surface area contributed by atoms with Gasteiger partial charge in [-0.2, -0.15) is 11.8 Å². The van der Waals surface area contributed by atoms with Crippen molar-refractivity contribution < 1.29 is 9.53 Å². The Morgan fingerprint density at radius 3 is 3.00 bits per heavy atom. The summed E-state index contributed by atoms with van der Waals surface area (Å²) in [4.78, 5) is 15.8. The van der Waals surface area contributed by atoms with Crippen molar-refractivity contribution in [3.63, 3.8) is 0 Å². The van der Waals surface area contributed by atoms with Gasteiger partial charge in [0.15, 0.2) is 0 Å². The number of carbonyl (C=O) groups excluding carboxylic acids is 1. The van der Waals surface area contributed by atoms with Gasteiger partial charge in [-0.1, -0.05) is 19.1 Å². The highest BCUT2D eigenvalue weighted by Gasteiger charge is 2.13. The molecule has 96 valence electrons. The number of rotatable bonds is 5. The topological polar surface area (TPSA) is 39.2 Å². The fourth-order valence-corrected chi connectivity index (χ4v) is 3.67. The van der Waals surface area contributed by atoms with Gasteiger partial charge in [-0.3, -0.25) is 4.79 Å². The SMILES string of the molecule is COC(=O)C(C)CSCc1nc2ccccc2s1. The third-order valence-electron chi connectivity index (χ3n) is 2.54. The van der Waals surface area contributed by atoms with Crippen LogP contribution in [0, 0.1) is 5.92 Å². The summed E-state index contributed by atoms with van der Waals surface area (Å²) in [6, 6.07) is 8.13. The van der Waals surface area contributed by atoms with Gasteiger partial charge in [-0.25, -0.2) is 4.98 Å². The van der Waals surface area contributed by atoms with Gasteiger partial charge in [0.25, 0.3) is 0 Å². The number of carbonyl (C=O) groups is 1. The summed E-state index contributed by atoms with van der Waals surface area (Å²) in [6.07, 6.45) is 0. The summed E-state index contributed by atoms with van der Waals surface area (Å²) in [6.45, 7) is 1.89. The van der Waals surface area contributed by atoms with Gasteiger partial charge in [0.1, 0.15) is 5.01 Å². The monoisotopic (exact) mass is 281 g/mol. The van der Waals surface area contributed by atoms with E-state index in [1.54, 1.807) is 23.1 Å². The minimum Gasteiger partial charge on any atom is -0.469 e. The van der Waals surface area contributed by atoms with Crippen LogP contribution in [0.4, 0.5) is 0 Å². The van der Waals surface area contributed by atoms with Gasteiger partial charge < -0.3 is 4.74 Å². The molecule has 2 rings (SSSR count). The van der Waals surface area contributed by atoms with E-state index < -0.39 is 0 Å². The van der Waals surface area contributed by atoms with Crippen molar-refractivity contribution in [2.75, 3.05) is 12.9 Å². The number of fused-ring (bicyclic) bond motifs is 1. The quantitative estimate of drug-likeness (QED) is 0.788. The molecule has 0 aliphatic carbocycles. The standard InChI is InChI=1S/C13H15NO2S2/c1-9(13(15)16-2)7-17-8-12-14-10-5-3-4-6-11(10)18-12/h3-6,9H,7-8H2,1-2H3. The third kappa shape index (κ3) is 3.23. The van der Waals surface area contributed by atoms with E-state index in [-0.39, 0.29) is 11.9 Å². The fourth-order valence-electron chi connectivity index (χ4n) is 1.57. The van der Waals surface area contributed by atoms with Crippen molar-refractivity contribution in [1.29, 1.82) is 0 Å². The number of ether oxygens (including phenoxy) is 1. The number of esters is 1. The maximum atomic E-state index is 11.2. The maximum Gasteiger partial charge on any atom is 0.309 e. The highest BCUT2D eigenvalue weighted by atomic mass is 32.2. The molecule has 0 bridgehead atoms.